The van der Waals surface area contributed by atoms with Gasteiger partial charge in [0.1, 0.15) is 17.3 Å². The number of carbonyl (C=O) groups excluding carboxylic acids is 1. The Morgan fingerprint density at radius 1 is 1.16 bits per heavy atom. The maximum absolute atomic E-state index is 12.4. The van der Waals surface area contributed by atoms with Gasteiger partial charge in [-0.3, -0.25) is 4.79 Å². The maximum atomic E-state index is 12.4. The van der Waals surface area contributed by atoms with E-state index in [-0.39, 0.29) is 11.6 Å². The van der Waals surface area contributed by atoms with E-state index in [1.165, 1.54) is 12.4 Å². The first kappa shape index (κ1) is 16.6. The Bertz CT molecular complexity index is 887. The van der Waals surface area contributed by atoms with Gasteiger partial charge in [0.15, 0.2) is 5.82 Å². The number of hydrogen-bond donors (Lipinski definition) is 2. The highest BCUT2D eigenvalue weighted by Gasteiger charge is 2.12. The highest BCUT2D eigenvalue weighted by Crippen LogP contribution is 2.21. The van der Waals surface area contributed by atoms with Crippen LogP contribution >= 0.6 is 0 Å². The topological polar surface area (TPSA) is 92.9 Å². The maximum Gasteiger partial charge on any atom is 0.275 e. The molecule has 7 heteroatoms. The van der Waals surface area contributed by atoms with Crippen LogP contribution in [0, 0.1) is 13.8 Å². The van der Waals surface area contributed by atoms with E-state index in [1.54, 1.807) is 13.0 Å². The third-order valence-electron chi connectivity index (χ3n) is 3.75. The fraction of sp³-hybridized carbons (Fsp3) is 0.222. The predicted octanol–water partition coefficient (Wildman–Crippen LogP) is 3.64. The van der Waals surface area contributed by atoms with Crippen LogP contribution in [0.3, 0.4) is 0 Å². The molecule has 3 aromatic rings. The molecular formula is C18H19N5O2. The molecule has 3 rings (SSSR count). The van der Waals surface area contributed by atoms with Crippen molar-refractivity contribution >= 4 is 23.2 Å². The van der Waals surface area contributed by atoms with E-state index < -0.39 is 0 Å². The number of para-hydroxylation sites is 1. The van der Waals surface area contributed by atoms with Crippen molar-refractivity contribution in [1.29, 1.82) is 0 Å². The highest BCUT2D eigenvalue weighted by molar-refractivity contribution is 6.03. The summed E-state index contributed by atoms with van der Waals surface area (Å²) in [6, 6.07) is 7.69. The molecule has 1 amide bonds. The average molecular weight is 337 g/mol. The SMILES string of the molecule is CCc1cccc(C)c1NC(=O)c1cnc(Nc2cc(C)on2)cn1. The quantitative estimate of drug-likeness (QED) is 0.738. The summed E-state index contributed by atoms with van der Waals surface area (Å²) in [6.07, 6.45) is 3.74. The molecular weight excluding hydrogens is 318 g/mol. The molecule has 2 heterocycles. The van der Waals surface area contributed by atoms with Gasteiger partial charge in [-0.05, 0) is 31.4 Å². The fourth-order valence-corrected chi connectivity index (χ4v) is 2.45. The smallest absolute Gasteiger partial charge is 0.275 e. The summed E-state index contributed by atoms with van der Waals surface area (Å²) in [6.45, 7) is 5.82. The van der Waals surface area contributed by atoms with E-state index in [9.17, 15) is 4.79 Å². The molecule has 0 fully saturated rings. The van der Waals surface area contributed by atoms with Gasteiger partial charge in [0.05, 0.1) is 12.4 Å². The Balaban J connectivity index is 1.73. The monoisotopic (exact) mass is 337 g/mol. The summed E-state index contributed by atoms with van der Waals surface area (Å²) in [4.78, 5) is 20.8. The number of aryl methyl sites for hydroxylation is 3. The molecule has 0 spiro atoms. The Morgan fingerprint density at radius 3 is 2.64 bits per heavy atom. The number of anilines is 3. The Hall–Kier alpha value is -3.22. The third-order valence-corrected chi connectivity index (χ3v) is 3.75. The van der Waals surface area contributed by atoms with Crippen molar-refractivity contribution in [1.82, 2.24) is 15.1 Å². The van der Waals surface area contributed by atoms with Crippen molar-refractivity contribution in [2.24, 2.45) is 0 Å². The average Bonchev–Trinajstić information content (AvgIpc) is 3.02. The minimum atomic E-state index is -0.291. The number of hydrogen-bond acceptors (Lipinski definition) is 6. The molecule has 0 aliphatic rings. The Morgan fingerprint density at radius 2 is 2.00 bits per heavy atom. The first-order chi connectivity index (χ1) is 12.1. The summed E-state index contributed by atoms with van der Waals surface area (Å²) >= 11 is 0. The van der Waals surface area contributed by atoms with Crippen LogP contribution in [0.25, 0.3) is 0 Å². The highest BCUT2D eigenvalue weighted by atomic mass is 16.5. The first-order valence-corrected chi connectivity index (χ1v) is 7.99. The van der Waals surface area contributed by atoms with E-state index in [4.69, 9.17) is 4.52 Å². The lowest BCUT2D eigenvalue weighted by molar-refractivity contribution is 0.102. The number of benzene rings is 1. The zero-order valence-electron chi connectivity index (χ0n) is 14.3. The van der Waals surface area contributed by atoms with Crippen molar-refractivity contribution in [2.75, 3.05) is 10.6 Å². The number of carbonyl (C=O) groups is 1. The van der Waals surface area contributed by atoms with Crippen LogP contribution in [0.5, 0.6) is 0 Å². The lowest BCUT2D eigenvalue weighted by Gasteiger charge is -2.12. The van der Waals surface area contributed by atoms with E-state index in [0.717, 1.165) is 23.2 Å². The second kappa shape index (κ2) is 7.12. The van der Waals surface area contributed by atoms with Gasteiger partial charge in [0.25, 0.3) is 5.91 Å². The molecule has 0 saturated heterocycles. The number of nitrogens with zero attached hydrogens (tertiary/aromatic N) is 3. The van der Waals surface area contributed by atoms with E-state index >= 15 is 0 Å². The minimum absolute atomic E-state index is 0.243. The van der Waals surface area contributed by atoms with E-state index in [0.29, 0.717) is 17.4 Å². The first-order valence-electron chi connectivity index (χ1n) is 7.99. The van der Waals surface area contributed by atoms with Crippen LogP contribution in [0.1, 0.15) is 34.3 Å². The van der Waals surface area contributed by atoms with Crippen molar-refractivity contribution in [3.63, 3.8) is 0 Å². The van der Waals surface area contributed by atoms with Crippen molar-refractivity contribution < 1.29 is 9.32 Å². The molecule has 0 bridgehead atoms. The normalized spacial score (nSPS) is 10.5. The largest absolute Gasteiger partial charge is 0.360 e. The molecule has 2 aromatic heterocycles. The molecule has 128 valence electrons. The number of amides is 1. The second-order valence-corrected chi connectivity index (χ2v) is 5.65. The lowest BCUT2D eigenvalue weighted by atomic mass is 10.1. The molecule has 0 unspecified atom stereocenters. The number of nitrogens with one attached hydrogen (secondary N) is 2. The van der Waals surface area contributed by atoms with Gasteiger partial charge in [0.2, 0.25) is 0 Å². The van der Waals surface area contributed by atoms with Crippen molar-refractivity contribution in [3.8, 4) is 0 Å². The van der Waals surface area contributed by atoms with Gasteiger partial charge in [-0.25, -0.2) is 9.97 Å². The molecule has 0 saturated carbocycles. The molecule has 2 N–H and O–H groups in total. The molecule has 7 nitrogen and oxygen atoms in total. The van der Waals surface area contributed by atoms with Gasteiger partial charge in [-0.2, -0.15) is 0 Å². The predicted molar refractivity (Wildman–Crippen MR) is 95.1 cm³/mol. The van der Waals surface area contributed by atoms with Crippen LogP contribution in [-0.2, 0) is 6.42 Å². The molecule has 1 aromatic carbocycles. The van der Waals surface area contributed by atoms with Crippen LogP contribution in [-0.4, -0.2) is 21.0 Å². The third kappa shape index (κ3) is 3.82. The van der Waals surface area contributed by atoms with Gasteiger partial charge in [-0.15, -0.1) is 0 Å². The Labute approximate surface area is 145 Å². The van der Waals surface area contributed by atoms with Crippen LogP contribution in [0.15, 0.2) is 41.2 Å². The zero-order valence-corrected chi connectivity index (χ0v) is 14.3. The van der Waals surface area contributed by atoms with Gasteiger partial charge in [-0.1, -0.05) is 30.3 Å². The molecule has 0 aliphatic heterocycles. The second-order valence-electron chi connectivity index (χ2n) is 5.65. The van der Waals surface area contributed by atoms with Gasteiger partial charge < -0.3 is 15.2 Å². The van der Waals surface area contributed by atoms with E-state index in [1.807, 2.05) is 25.1 Å². The number of rotatable bonds is 5. The minimum Gasteiger partial charge on any atom is -0.360 e. The summed E-state index contributed by atoms with van der Waals surface area (Å²) in [5, 5.41) is 9.71. The van der Waals surface area contributed by atoms with Gasteiger partial charge in [0, 0.05) is 11.8 Å². The van der Waals surface area contributed by atoms with E-state index in [2.05, 4.69) is 32.7 Å². The van der Waals surface area contributed by atoms with Crippen molar-refractivity contribution in [2.45, 2.75) is 27.2 Å². The zero-order chi connectivity index (χ0) is 17.8. The molecule has 0 aliphatic carbocycles. The lowest BCUT2D eigenvalue weighted by Crippen LogP contribution is -2.16. The molecule has 0 radical (unpaired) electrons. The number of aromatic nitrogens is 3. The Kier molecular flexibility index (Phi) is 4.74. The van der Waals surface area contributed by atoms with Crippen LogP contribution in [0.4, 0.5) is 17.3 Å². The summed E-state index contributed by atoms with van der Waals surface area (Å²) in [5.41, 5.74) is 3.17. The van der Waals surface area contributed by atoms with Crippen LogP contribution < -0.4 is 10.6 Å². The molecule has 0 atom stereocenters. The van der Waals surface area contributed by atoms with Crippen LogP contribution in [0.2, 0.25) is 0 Å². The standard InChI is InChI=1S/C18H19N5O2/c1-4-13-7-5-6-11(2)17(13)22-18(24)14-9-20-16(10-19-14)21-15-8-12(3)25-23-15/h5-10H,4H2,1-3H3,(H,22,24)(H,20,21,23). The summed E-state index contributed by atoms with van der Waals surface area (Å²) in [7, 11) is 0. The molecule has 25 heavy (non-hydrogen) atoms. The summed E-state index contributed by atoms with van der Waals surface area (Å²) in [5.74, 6) is 1.42. The fourth-order valence-electron chi connectivity index (χ4n) is 2.45. The van der Waals surface area contributed by atoms with Gasteiger partial charge >= 0.3 is 0 Å². The summed E-state index contributed by atoms with van der Waals surface area (Å²) < 4.78 is 4.97. The van der Waals surface area contributed by atoms with Crippen molar-refractivity contribution in [3.05, 3.63) is 59.2 Å².